The maximum absolute atomic E-state index is 12.5. The Morgan fingerprint density at radius 1 is 1.17 bits per heavy atom. The van der Waals surface area contributed by atoms with Crippen molar-refractivity contribution in [3.63, 3.8) is 0 Å². The maximum atomic E-state index is 12.5. The minimum atomic E-state index is -0.224. The molecule has 0 amide bonds. The summed E-state index contributed by atoms with van der Waals surface area (Å²) in [6.07, 6.45) is 4.98. The van der Waals surface area contributed by atoms with Gasteiger partial charge in [-0.05, 0) is 29.8 Å². The standard InChI is InChI=1S/C17H17N5O/c1-12-15(11-13-5-7-14(8-6-13)21(2)3)16(23)22(20-12)17-18-9-4-10-19-17/h4-11,20H,1H2,2-3H3. The molecular formula is C17H17N5O. The van der Waals surface area contributed by atoms with E-state index in [1.54, 1.807) is 24.5 Å². The van der Waals surface area contributed by atoms with Gasteiger partial charge in [0.1, 0.15) is 0 Å². The third-order valence-corrected chi connectivity index (χ3v) is 3.48. The molecule has 0 radical (unpaired) electrons. The maximum Gasteiger partial charge on any atom is 0.281 e. The largest absolute Gasteiger partial charge is 0.378 e. The lowest BCUT2D eigenvalue weighted by Crippen LogP contribution is -2.34. The number of nitrogens with zero attached hydrogens (tertiary/aromatic N) is 4. The minimum absolute atomic E-state index is 0.224. The van der Waals surface area contributed by atoms with Crippen LogP contribution in [0.15, 0.2) is 47.5 Å². The van der Waals surface area contributed by atoms with E-state index in [1.807, 2.05) is 43.3 Å². The Balaban J connectivity index is 2.09. The Kier molecular flexibility index (Phi) is 3.80. The molecule has 0 aliphatic carbocycles. The third-order valence-electron chi connectivity index (χ3n) is 3.48. The van der Waals surface area contributed by atoms with Crippen molar-refractivity contribution in [2.24, 2.45) is 0 Å². The van der Waals surface area contributed by atoms with Crippen LogP contribution in [0.1, 0.15) is 5.56 Å². The highest BCUT2D eigenvalue weighted by molar-refractivity contribution is 5.55. The number of aromatic nitrogens is 4. The van der Waals surface area contributed by atoms with E-state index >= 15 is 0 Å². The Morgan fingerprint density at radius 3 is 2.43 bits per heavy atom. The molecule has 6 heteroatoms. The van der Waals surface area contributed by atoms with E-state index < -0.39 is 0 Å². The van der Waals surface area contributed by atoms with Gasteiger partial charge in [-0.15, -0.1) is 0 Å². The van der Waals surface area contributed by atoms with Gasteiger partial charge in [0.25, 0.3) is 11.5 Å². The molecule has 3 rings (SSSR count). The van der Waals surface area contributed by atoms with Crippen molar-refractivity contribution in [3.05, 3.63) is 69.2 Å². The fraction of sp³-hybridized carbons (Fsp3) is 0.118. The van der Waals surface area contributed by atoms with E-state index in [4.69, 9.17) is 0 Å². The second-order valence-corrected chi connectivity index (χ2v) is 5.32. The summed E-state index contributed by atoms with van der Waals surface area (Å²) in [6, 6.07) is 9.62. The van der Waals surface area contributed by atoms with E-state index in [2.05, 4.69) is 21.6 Å². The van der Waals surface area contributed by atoms with Crippen LogP contribution in [0, 0.1) is 0 Å². The normalized spacial score (nSPS) is 11.7. The average Bonchev–Trinajstić information content (AvgIpc) is 2.84. The number of benzene rings is 1. The van der Waals surface area contributed by atoms with Gasteiger partial charge in [-0.2, -0.15) is 4.68 Å². The van der Waals surface area contributed by atoms with Gasteiger partial charge < -0.3 is 4.90 Å². The second kappa shape index (κ2) is 5.92. The Bertz CT molecular complexity index is 969. The fourth-order valence-corrected chi connectivity index (χ4v) is 2.23. The first kappa shape index (κ1) is 14.8. The van der Waals surface area contributed by atoms with Crippen LogP contribution in [0.25, 0.3) is 18.6 Å². The number of nitrogens with one attached hydrogen (secondary N) is 1. The highest BCUT2D eigenvalue weighted by Gasteiger charge is 2.06. The molecular weight excluding hydrogens is 290 g/mol. The summed E-state index contributed by atoms with van der Waals surface area (Å²) in [7, 11) is 3.97. The van der Waals surface area contributed by atoms with Crippen LogP contribution < -0.4 is 21.0 Å². The van der Waals surface area contributed by atoms with Crippen molar-refractivity contribution in [1.29, 1.82) is 0 Å². The fourth-order valence-electron chi connectivity index (χ4n) is 2.23. The molecule has 0 saturated heterocycles. The van der Waals surface area contributed by atoms with Gasteiger partial charge in [0.15, 0.2) is 0 Å². The van der Waals surface area contributed by atoms with Crippen LogP contribution in [0.3, 0.4) is 0 Å². The van der Waals surface area contributed by atoms with Crippen LogP contribution >= 0.6 is 0 Å². The number of aromatic amines is 1. The van der Waals surface area contributed by atoms with E-state index in [0.29, 0.717) is 16.5 Å². The molecule has 3 aromatic rings. The number of rotatable bonds is 3. The van der Waals surface area contributed by atoms with E-state index in [9.17, 15) is 4.79 Å². The van der Waals surface area contributed by atoms with Gasteiger partial charge in [0.2, 0.25) is 0 Å². The SMILES string of the molecule is C=c1[nH]n(-c2ncccn2)c(=O)c1=Cc1ccc(N(C)C)cc1. The lowest BCUT2D eigenvalue weighted by atomic mass is 10.1. The van der Waals surface area contributed by atoms with Crippen LogP contribution in [0.2, 0.25) is 0 Å². The monoisotopic (exact) mass is 307 g/mol. The van der Waals surface area contributed by atoms with Crippen molar-refractivity contribution < 1.29 is 0 Å². The number of hydrogen-bond donors (Lipinski definition) is 1. The van der Waals surface area contributed by atoms with Crippen molar-refractivity contribution in [3.8, 4) is 5.95 Å². The predicted octanol–water partition coefficient (Wildman–Crippen LogP) is 0.261. The summed E-state index contributed by atoms with van der Waals surface area (Å²) in [4.78, 5) is 22.7. The first-order valence-corrected chi connectivity index (χ1v) is 7.13. The smallest absolute Gasteiger partial charge is 0.281 e. The Hall–Kier alpha value is -3.15. The second-order valence-electron chi connectivity index (χ2n) is 5.32. The lowest BCUT2D eigenvalue weighted by molar-refractivity contribution is 0.775. The van der Waals surface area contributed by atoms with Crippen LogP contribution in [0.5, 0.6) is 0 Å². The number of anilines is 1. The zero-order valence-corrected chi connectivity index (χ0v) is 13.0. The molecule has 1 N–H and O–H groups in total. The molecule has 0 saturated carbocycles. The summed E-state index contributed by atoms with van der Waals surface area (Å²) in [5.41, 5.74) is 1.80. The van der Waals surface area contributed by atoms with Crippen LogP contribution in [0.4, 0.5) is 5.69 Å². The van der Waals surface area contributed by atoms with Gasteiger partial charge in [-0.25, -0.2) is 9.97 Å². The zero-order valence-electron chi connectivity index (χ0n) is 13.0. The van der Waals surface area contributed by atoms with Gasteiger partial charge in [0.05, 0.1) is 10.6 Å². The average molecular weight is 307 g/mol. The lowest BCUT2D eigenvalue weighted by Gasteiger charge is -2.11. The number of H-pyrrole nitrogens is 1. The molecule has 1 aromatic carbocycles. The van der Waals surface area contributed by atoms with Crippen molar-refractivity contribution in [1.82, 2.24) is 19.7 Å². The number of hydrogen-bond acceptors (Lipinski definition) is 4. The molecule has 2 heterocycles. The van der Waals surface area contributed by atoms with Gasteiger partial charge in [-0.1, -0.05) is 18.7 Å². The van der Waals surface area contributed by atoms with Gasteiger partial charge >= 0.3 is 0 Å². The highest BCUT2D eigenvalue weighted by Crippen LogP contribution is 2.12. The molecule has 0 aliphatic rings. The molecule has 0 aliphatic heterocycles. The van der Waals surface area contributed by atoms with E-state index in [-0.39, 0.29) is 5.56 Å². The minimum Gasteiger partial charge on any atom is -0.378 e. The summed E-state index contributed by atoms with van der Waals surface area (Å²) >= 11 is 0. The molecule has 2 aromatic heterocycles. The highest BCUT2D eigenvalue weighted by atomic mass is 16.1. The molecule has 0 fully saturated rings. The Morgan fingerprint density at radius 2 is 1.83 bits per heavy atom. The molecule has 0 unspecified atom stereocenters. The third kappa shape index (κ3) is 2.91. The molecule has 0 spiro atoms. The van der Waals surface area contributed by atoms with Crippen LogP contribution in [-0.2, 0) is 0 Å². The first-order valence-electron chi connectivity index (χ1n) is 7.13. The Labute approximate surface area is 133 Å². The van der Waals surface area contributed by atoms with Crippen molar-refractivity contribution >= 4 is 18.3 Å². The summed E-state index contributed by atoms with van der Waals surface area (Å²) in [6.45, 7) is 3.90. The summed E-state index contributed by atoms with van der Waals surface area (Å²) in [5.74, 6) is 0.296. The van der Waals surface area contributed by atoms with E-state index in [0.717, 1.165) is 11.3 Å². The first-order chi connectivity index (χ1) is 11.1. The predicted molar refractivity (Wildman–Crippen MR) is 91.1 cm³/mol. The molecule has 116 valence electrons. The molecule has 6 nitrogen and oxygen atoms in total. The van der Waals surface area contributed by atoms with E-state index in [1.165, 1.54) is 4.68 Å². The van der Waals surface area contributed by atoms with Gasteiger partial charge in [0, 0.05) is 32.2 Å². The summed E-state index contributed by atoms with van der Waals surface area (Å²) in [5, 5.41) is 3.93. The van der Waals surface area contributed by atoms with Crippen LogP contribution in [-0.4, -0.2) is 33.8 Å². The van der Waals surface area contributed by atoms with Crippen molar-refractivity contribution in [2.45, 2.75) is 0 Å². The van der Waals surface area contributed by atoms with Gasteiger partial charge in [-0.3, -0.25) is 9.89 Å². The quantitative estimate of drug-likeness (QED) is 0.754. The summed E-state index contributed by atoms with van der Waals surface area (Å²) < 4.78 is 1.29. The van der Waals surface area contributed by atoms with Crippen molar-refractivity contribution in [2.75, 3.05) is 19.0 Å². The zero-order chi connectivity index (χ0) is 16.4. The molecule has 0 bridgehead atoms. The topological polar surface area (TPSA) is 66.8 Å². The molecule has 0 atom stereocenters. The molecule has 23 heavy (non-hydrogen) atoms.